The molecule has 1 aliphatic carbocycles. The van der Waals surface area contributed by atoms with E-state index in [0.717, 1.165) is 19.4 Å². The van der Waals surface area contributed by atoms with Crippen LogP contribution >= 0.6 is 0 Å². The smallest absolute Gasteiger partial charge is 0.307 e. The van der Waals surface area contributed by atoms with Gasteiger partial charge in [0.25, 0.3) is 0 Å². The second-order valence-electron chi connectivity index (χ2n) is 6.46. The average Bonchev–Trinajstić information content (AvgIpc) is 2.37. The minimum Gasteiger partial charge on any atom is -0.481 e. The summed E-state index contributed by atoms with van der Waals surface area (Å²) < 4.78 is 0. The summed E-state index contributed by atoms with van der Waals surface area (Å²) in [7, 11) is 3.95. The van der Waals surface area contributed by atoms with E-state index in [4.69, 9.17) is 0 Å². The summed E-state index contributed by atoms with van der Waals surface area (Å²) in [6.45, 7) is 4.92. The second-order valence-corrected chi connectivity index (χ2v) is 6.46. The first-order chi connectivity index (χ1) is 9.32. The topological polar surface area (TPSA) is 69.6 Å². The van der Waals surface area contributed by atoms with Crippen molar-refractivity contribution in [2.24, 2.45) is 17.8 Å². The van der Waals surface area contributed by atoms with Gasteiger partial charge in [0.15, 0.2) is 0 Å². The molecule has 1 rings (SSSR count). The lowest BCUT2D eigenvalue weighted by Gasteiger charge is -2.31. The highest BCUT2D eigenvalue weighted by Gasteiger charge is 2.36. The molecule has 0 saturated heterocycles. The molecule has 0 aromatic carbocycles. The highest BCUT2D eigenvalue weighted by Crippen LogP contribution is 2.30. The van der Waals surface area contributed by atoms with Gasteiger partial charge >= 0.3 is 5.97 Å². The van der Waals surface area contributed by atoms with E-state index < -0.39 is 11.9 Å². The van der Waals surface area contributed by atoms with Crippen LogP contribution in [0.15, 0.2) is 0 Å². The molecule has 116 valence electrons. The molecule has 0 aliphatic heterocycles. The molecule has 0 radical (unpaired) electrons. The van der Waals surface area contributed by atoms with Gasteiger partial charge in [-0.3, -0.25) is 9.59 Å². The van der Waals surface area contributed by atoms with Crippen molar-refractivity contribution in [1.29, 1.82) is 0 Å². The van der Waals surface area contributed by atoms with E-state index in [1.165, 1.54) is 0 Å². The molecule has 5 heteroatoms. The molecular formula is C15H28N2O3. The van der Waals surface area contributed by atoms with Gasteiger partial charge < -0.3 is 15.3 Å². The zero-order valence-electron chi connectivity index (χ0n) is 13.1. The van der Waals surface area contributed by atoms with Crippen molar-refractivity contribution in [3.8, 4) is 0 Å². The van der Waals surface area contributed by atoms with Gasteiger partial charge in [0.2, 0.25) is 5.91 Å². The van der Waals surface area contributed by atoms with E-state index in [1.807, 2.05) is 19.0 Å². The first-order valence-corrected chi connectivity index (χ1v) is 7.50. The van der Waals surface area contributed by atoms with Gasteiger partial charge in [-0.15, -0.1) is 0 Å². The van der Waals surface area contributed by atoms with Crippen molar-refractivity contribution in [2.45, 2.75) is 45.6 Å². The molecule has 2 N–H and O–H groups in total. The van der Waals surface area contributed by atoms with Crippen molar-refractivity contribution in [3.63, 3.8) is 0 Å². The van der Waals surface area contributed by atoms with Gasteiger partial charge in [0.1, 0.15) is 0 Å². The summed E-state index contributed by atoms with van der Waals surface area (Å²) in [4.78, 5) is 25.7. The Balaban J connectivity index is 2.68. The molecular weight excluding hydrogens is 256 g/mol. The molecule has 0 aromatic heterocycles. The van der Waals surface area contributed by atoms with Gasteiger partial charge in [-0.05, 0) is 32.9 Å². The van der Waals surface area contributed by atoms with Crippen LogP contribution in [0.5, 0.6) is 0 Å². The molecule has 1 fully saturated rings. The highest BCUT2D eigenvalue weighted by atomic mass is 16.4. The molecule has 1 amide bonds. The summed E-state index contributed by atoms with van der Waals surface area (Å²) in [6.07, 6.45) is 3.16. The minimum atomic E-state index is -0.835. The lowest BCUT2D eigenvalue weighted by Crippen LogP contribution is -2.49. The second kappa shape index (κ2) is 7.62. The number of carboxylic acid groups (broad SMARTS) is 1. The maximum Gasteiger partial charge on any atom is 0.307 e. The molecule has 1 aliphatic rings. The third kappa shape index (κ3) is 4.78. The minimum absolute atomic E-state index is 0.0638. The number of hydrogen-bond acceptors (Lipinski definition) is 3. The molecule has 0 aromatic rings. The number of likely N-dealkylation sites (N-methyl/N-ethyl adjacent to an activating group) is 1. The largest absolute Gasteiger partial charge is 0.481 e. The third-order valence-corrected chi connectivity index (χ3v) is 4.11. The average molecular weight is 284 g/mol. The van der Waals surface area contributed by atoms with Gasteiger partial charge in [-0.25, -0.2) is 0 Å². The van der Waals surface area contributed by atoms with Gasteiger partial charge in [0.05, 0.1) is 11.8 Å². The molecule has 5 nitrogen and oxygen atoms in total. The normalized spacial score (nSPS) is 24.7. The van der Waals surface area contributed by atoms with Crippen LogP contribution in [0.3, 0.4) is 0 Å². The van der Waals surface area contributed by atoms with Crippen LogP contribution in [0.4, 0.5) is 0 Å². The Morgan fingerprint density at radius 3 is 2.20 bits per heavy atom. The number of carboxylic acids is 1. The Hall–Kier alpha value is -1.10. The van der Waals surface area contributed by atoms with Crippen LogP contribution in [0, 0.1) is 17.8 Å². The van der Waals surface area contributed by atoms with E-state index in [9.17, 15) is 14.7 Å². The fourth-order valence-electron chi connectivity index (χ4n) is 2.85. The summed E-state index contributed by atoms with van der Waals surface area (Å²) >= 11 is 0. The molecule has 3 atom stereocenters. The van der Waals surface area contributed by atoms with Crippen molar-refractivity contribution in [1.82, 2.24) is 10.2 Å². The fourth-order valence-corrected chi connectivity index (χ4v) is 2.85. The Morgan fingerprint density at radius 2 is 1.75 bits per heavy atom. The molecule has 1 unspecified atom stereocenters. The van der Waals surface area contributed by atoms with Crippen LogP contribution in [0.25, 0.3) is 0 Å². The third-order valence-electron chi connectivity index (χ3n) is 4.11. The first-order valence-electron chi connectivity index (χ1n) is 7.50. The van der Waals surface area contributed by atoms with Crippen LogP contribution in [0.1, 0.15) is 39.5 Å². The van der Waals surface area contributed by atoms with E-state index in [1.54, 1.807) is 0 Å². The van der Waals surface area contributed by atoms with E-state index in [0.29, 0.717) is 18.8 Å². The van der Waals surface area contributed by atoms with Crippen LogP contribution < -0.4 is 5.32 Å². The number of rotatable bonds is 6. The highest BCUT2D eigenvalue weighted by molar-refractivity contribution is 5.85. The van der Waals surface area contributed by atoms with Crippen molar-refractivity contribution < 1.29 is 14.7 Å². The summed E-state index contributed by atoms with van der Waals surface area (Å²) in [5.74, 6) is -1.48. The lowest BCUT2D eigenvalue weighted by atomic mass is 9.78. The van der Waals surface area contributed by atoms with Gasteiger partial charge in [-0.1, -0.05) is 26.7 Å². The van der Waals surface area contributed by atoms with Crippen molar-refractivity contribution in [2.75, 3.05) is 20.6 Å². The van der Waals surface area contributed by atoms with E-state index >= 15 is 0 Å². The lowest BCUT2D eigenvalue weighted by molar-refractivity contribution is -0.149. The molecule has 0 heterocycles. The monoisotopic (exact) mass is 284 g/mol. The quantitative estimate of drug-likeness (QED) is 0.777. The van der Waals surface area contributed by atoms with Crippen LogP contribution in [-0.2, 0) is 9.59 Å². The van der Waals surface area contributed by atoms with Gasteiger partial charge in [-0.2, -0.15) is 0 Å². The molecule has 0 bridgehead atoms. The van der Waals surface area contributed by atoms with Crippen molar-refractivity contribution >= 4 is 11.9 Å². The number of hydrogen-bond donors (Lipinski definition) is 2. The van der Waals surface area contributed by atoms with E-state index in [-0.39, 0.29) is 17.9 Å². The number of nitrogens with zero attached hydrogens (tertiary/aromatic N) is 1. The summed E-state index contributed by atoms with van der Waals surface area (Å²) in [6, 6.07) is 0.0638. The zero-order chi connectivity index (χ0) is 15.3. The Morgan fingerprint density at radius 1 is 1.20 bits per heavy atom. The Kier molecular flexibility index (Phi) is 6.46. The predicted octanol–water partition coefficient (Wildman–Crippen LogP) is 1.58. The van der Waals surface area contributed by atoms with E-state index in [2.05, 4.69) is 19.2 Å². The number of carbonyl (C=O) groups excluding carboxylic acids is 1. The molecule has 0 spiro atoms. The maximum absolute atomic E-state index is 12.4. The molecule has 20 heavy (non-hydrogen) atoms. The summed E-state index contributed by atoms with van der Waals surface area (Å²) in [5.41, 5.74) is 0. The number of carbonyl (C=O) groups is 2. The zero-order valence-corrected chi connectivity index (χ0v) is 13.1. The number of aliphatic carboxylic acids is 1. The van der Waals surface area contributed by atoms with Crippen molar-refractivity contribution in [3.05, 3.63) is 0 Å². The van der Waals surface area contributed by atoms with Gasteiger partial charge in [0, 0.05) is 12.6 Å². The van der Waals surface area contributed by atoms with Crippen LogP contribution in [-0.4, -0.2) is 48.6 Å². The predicted molar refractivity (Wildman–Crippen MR) is 78.4 cm³/mol. The SMILES string of the molecule is CC(C)C(CN(C)C)NC(=O)[C@@H]1CCCC[C@@H]1C(=O)O. The maximum atomic E-state index is 12.4. The molecule has 1 saturated carbocycles. The Labute approximate surface area is 121 Å². The fraction of sp³-hybridized carbons (Fsp3) is 0.867. The first kappa shape index (κ1) is 17.0. The standard InChI is InChI=1S/C15H28N2O3/c1-10(2)13(9-17(3)4)16-14(18)11-7-5-6-8-12(11)15(19)20/h10-13H,5-9H2,1-4H3,(H,16,18)(H,19,20)/t11-,12+,13?/m1/s1. The summed E-state index contributed by atoms with van der Waals surface area (Å²) in [5, 5.41) is 12.3. The Bertz CT molecular complexity index is 342. The van der Waals surface area contributed by atoms with Crippen LogP contribution in [0.2, 0.25) is 0 Å². The number of amides is 1. The number of nitrogens with one attached hydrogen (secondary N) is 1.